The number of nitrogens with one attached hydrogen (secondary N) is 1. The topological polar surface area (TPSA) is 78.7 Å². The van der Waals surface area contributed by atoms with Crippen molar-refractivity contribution in [2.24, 2.45) is 5.73 Å². The molecule has 1 atom stereocenters. The predicted octanol–water partition coefficient (Wildman–Crippen LogP) is -0.216. The molecular formula is C14H28N4O2. The van der Waals surface area contributed by atoms with Gasteiger partial charge < -0.3 is 20.9 Å². The number of likely N-dealkylation sites (tertiary alicyclic amines) is 1. The first-order chi connectivity index (χ1) is 9.58. The maximum Gasteiger partial charge on any atom is 0.235 e. The molecular weight excluding hydrogens is 256 g/mol. The number of likely N-dealkylation sites (N-methyl/N-ethyl adjacent to an activating group) is 1. The first-order valence-corrected chi connectivity index (χ1v) is 7.61. The van der Waals surface area contributed by atoms with E-state index in [0.717, 1.165) is 45.6 Å². The van der Waals surface area contributed by atoms with Crippen LogP contribution in [0.25, 0.3) is 0 Å². The lowest BCUT2D eigenvalue weighted by molar-refractivity contribution is -0.133. The van der Waals surface area contributed by atoms with Crippen molar-refractivity contribution in [3.8, 4) is 0 Å². The number of primary amides is 1. The van der Waals surface area contributed by atoms with Gasteiger partial charge in [0.2, 0.25) is 11.8 Å². The van der Waals surface area contributed by atoms with Gasteiger partial charge in [-0.2, -0.15) is 0 Å². The highest BCUT2D eigenvalue weighted by Crippen LogP contribution is 2.10. The van der Waals surface area contributed by atoms with E-state index < -0.39 is 11.9 Å². The Hall–Kier alpha value is -1.14. The largest absolute Gasteiger partial charge is 0.368 e. The third kappa shape index (κ3) is 5.46. The van der Waals surface area contributed by atoms with Crippen molar-refractivity contribution in [3.63, 3.8) is 0 Å². The average molecular weight is 284 g/mol. The van der Waals surface area contributed by atoms with Gasteiger partial charge in [0.05, 0.1) is 12.5 Å². The van der Waals surface area contributed by atoms with E-state index >= 15 is 0 Å². The Labute approximate surface area is 121 Å². The fourth-order valence-electron chi connectivity index (χ4n) is 2.48. The van der Waals surface area contributed by atoms with E-state index in [2.05, 4.69) is 24.1 Å². The molecule has 0 aromatic rings. The summed E-state index contributed by atoms with van der Waals surface area (Å²) in [6.07, 6.45) is 2.29. The number of hydrogen-bond donors (Lipinski definition) is 2. The zero-order valence-electron chi connectivity index (χ0n) is 12.7. The van der Waals surface area contributed by atoms with Gasteiger partial charge in [-0.1, -0.05) is 13.8 Å². The fourth-order valence-corrected chi connectivity index (χ4v) is 2.48. The van der Waals surface area contributed by atoms with Crippen LogP contribution in [0.4, 0.5) is 0 Å². The fraction of sp³-hybridized carbons (Fsp3) is 0.857. The summed E-state index contributed by atoms with van der Waals surface area (Å²) in [7, 11) is 0. The lowest BCUT2D eigenvalue weighted by Crippen LogP contribution is -2.47. The maximum absolute atomic E-state index is 12.0. The Bertz CT molecular complexity index is 312. The Morgan fingerprint density at radius 3 is 2.35 bits per heavy atom. The molecule has 0 radical (unpaired) electrons. The van der Waals surface area contributed by atoms with E-state index in [1.807, 2.05) is 4.90 Å². The molecule has 0 aliphatic carbocycles. The molecule has 0 aromatic heterocycles. The maximum atomic E-state index is 12.0. The Morgan fingerprint density at radius 2 is 1.85 bits per heavy atom. The van der Waals surface area contributed by atoms with E-state index in [4.69, 9.17) is 5.73 Å². The van der Waals surface area contributed by atoms with Gasteiger partial charge in [0, 0.05) is 26.2 Å². The molecule has 1 heterocycles. The number of nitrogens with two attached hydrogens (primary N) is 1. The van der Waals surface area contributed by atoms with Crippen molar-refractivity contribution in [3.05, 3.63) is 0 Å². The minimum Gasteiger partial charge on any atom is -0.368 e. The van der Waals surface area contributed by atoms with E-state index in [9.17, 15) is 9.59 Å². The van der Waals surface area contributed by atoms with Crippen molar-refractivity contribution >= 4 is 11.8 Å². The minimum absolute atomic E-state index is 0.0293. The van der Waals surface area contributed by atoms with Crippen molar-refractivity contribution < 1.29 is 9.59 Å². The molecule has 1 rings (SSSR count). The van der Waals surface area contributed by atoms with Crippen LogP contribution in [0, 0.1) is 0 Å². The van der Waals surface area contributed by atoms with Crippen molar-refractivity contribution in [2.75, 3.05) is 39.3 Å². The summed E-state index contributed by atoms with van der Waals surface area (Å²) in [5.41, 5.74) is 5.38. The van der Waals surface area contributed by atoms with Crippen LogP contribution in [0.1, 0.15) is 33.1 Å². The number of nitrogens with zero attached hydrogens (tertiary/aromatic N) is 2. The molecule has 2 amide bonds. The van der Waals surface area contributed by atoms with E-state index in [1.54, 1.807) is 0 Å². The standard InChI is InChI=1S/C14H28N4O2/c1-3-17(4-2)10-7-16-12(14(15)20)11-13(19)18-8-5-6-9-18/h12,16H,3-11H2,1-2H3,(H2,15,20). The molecule has 116 valence electrons. The monoisotopic (exact) mass is 284 g/mol. The normalized spacial score (nSPS) is 16.6. The summed E-state index contributed by atoms with van der Waals surface area (Å²) in [5.74, 6) is -0.418. The van der Waals surface area contributed by atoms with Crippen LogP contribution in [0.15, 0.2) is 0 Å². The molecule has 6 heteroatoms. The van der Waals surface area contributed by atoms with E-state index in [-0.39, 0.29) is 12.3 Å². The van der Waals surface area contributed by atoms with Crippen LogP contribution < -0.4 is 11.1 Å². The van der Waals surface area contributed by atoms with E-state index in [1.165, 1.54) is 0 Å². The third-order valence-corrected chi connectivity index (χ3v) is 3.89. The van der Waals surface area contributed by atoms with Crippen LogP contribution in [0.5, 0.6) is 0 Å². The van der Waals surface area contributed by atoms with Gasteiger partial charge in [-0.25, -0.2) is 0 Å². The molecule has 0 bridgehead atoms. The molecule has 20 heavy (non-hydrogen) atoms. The Kier molecular flexibility index (Phi) is 7.54. The molecule has 0 saturated carbocycles. The SMILES string of the molecule is CCN(CC)CCNC(CC(=O)N1CCCC1)C(N)=O. The second-order valence-corrected chi connectivity index (χ2v) is 5.23. The van der Waals surface area contributed by atoms with Gasteiger partial charge in [0.15, 0.2) is 0 Å². The highest BCUT2D eigenvalue weighted by atomic mass is 16.2. The average Bonchev–Trinajstić information content (AvgIpc) is 2.96. The van der Waals surface area contributed by atoms with Crippen LogP contribution in [-0.2, 0) is 9.59 Å². The van der Waals surface area contributed by atoms with Crippen molar-refractivity contribution in [1.29, 1.82) is 0 Å². The zero-order valence-corrected chi connectivity index (χ0v) is 12.7. The predicted molar refractivity (Wildman–Crippen MR) is 79.2 cm³/mol. The summed E-state index contributed by atoms with van der Waals surface area (Å²) in [6.45, 7) is 9.31. The summed E-state index contributed by atoms with van der Waals surface area (Å²) >= 11 is 0. The quantitative estimate of drug-likeness (QED) is 0.614. The second-order valence-electron chi connectivity index (χ2n) is 5.23. The Morgan fingerprint density at radius 1 is 1.25 bits per heavy atom. The highest BCUT2D eigenvalue weighted by molar-refractivity contribution is 5.87. The summed E-state index contributed by atoms with van der Waals surface area (Å²) in [6, 6.07) is -0.557. The van der Waals surface area contributed by atoms with Crippen LogP contribution >= 0.6 is 0 Å². The molecule has 0 aromatic carbocycles. The Balaban J connectivity index is 2.36. The molecule has 3 N–H and O–H groups in total. The van der Waals surface area contributed by atoms with Gasteiger partial charge in [-0.3, -0.25) is 9.59 Å². The first-order valence-electron chi connectivity index (χ1n) is 7.61. The summed E-state index contributed by atoms with van der Waals surface area (Å²) < 4.78 is 0. The zero-order chi connectivity index (χ0) is 15.0. The van der Waals surface area contributed by atoms with Gasteiger partial charge in [-0.05, 0) is 25.9 Å². The van der Waals surface area contributed by atoms with Crippen molar-refractivity contribution in [1.82, 2.24) is 15.1 Å². The molecule has 1 fully saturated rings. The van der Waals surface area contributed by atoms with Gasteiger partial charge in [-0.15, -0.1) is 0 Å². The van der Waals surface area contributed by atoms with Crippen molar-refractivity contribution in [2.45, 2.75) is 39.2 Å². The number of amides is 2. The van der Waals surface area contributed by atoms with Crippen LogP contribution in [-0.4, -0.2) is 66.9 Å². The number of rotatable bonds is 9. The smallest absolute Gasteiger partial charge is 0.235 e. The number of hydrogen-bond acceptors (Lipinski definition) is 4. The second kappa shape index (κ2) is 8.92. The number of carbonyl (C=O) groups excluding carboxylic acids is 2. The van der Waals surface area contributed by atoms with Gasteiger partial charge in [0.25, 0.3) is 0 Å². The van der Waals surface area contributed by atoms with Crippen LogP contribution in [0.3, 0.4) is 0 Å². The van der Waals surface area contributed by atoms with Gasteiger partial charge >= 0.3 is 0 Å². The molecule has 6 nitrogen and oxygen atoms in total. The molecule has 1 aliphatic heterocycles. The lowest BCUT2D eigenvalue weighted by atomic mass is 10.1. The molecule has 1 aliphatic rings. The highest BCUT2D eigenvalue weighted by Gasteiger charge is 2.24. The van der Waals surface area contributed by atoms with E-state index in [0.29, 0.717) is 6.54 Å². The number of carbonyl (C=O) groups is 2. The van der Waals surface area contributed by atoms with Gasteiger partial charge in [0.1, 0.15) is 0 Å². The van der Waals surface area contributed by atoms with Crippen LogP contribution in [0.2, 0.25) is 0 Å². The summed E-state index contributed by atoms with van der Waals surface area (Å²) in [5, 5.41) is 3.11. The lowest BCUT2D eigenvalue weighted by Gasteiger charge is -2.22. The molecule has 1 saturated heterocycles. The third-order valence-electron chi connectivity index (χ3n) is 3.89. The molecule has 0 spiro atoms. The molecule has 1 unspecified atom stereocenters. The first kappa shape index (κ1) is 16.9. The minimum atomic E-state index is -0.557. The summed E-state index contributed by atoms with van der Waals surface area (Å²) in [4.78, 5) is 27.6.